The first-order chi connectivity index (χ1) is 11.7. The topological polar surface area (TPSA) is 56.2 Å². The Labute approximate surface area is 142 Å². The Bertz CT molecular complexity index is 610. The molecule has 0 radical (unpaired) electrons. The van der Waals surface area contributed by atoms with Gasteiger partial charge in [-0.3, -0.25) is 4.90 Å². The molecule has 3 rings (SSSR count). The van der Waals surface area contributed by atoms with E-state index in [1.54, 1.807) is 12.1 Å². The van der Waals surface area contributed by atoms with Crippen molar-refractivity contribution >= 4 is 5.69 Å². The number of anilines is 1. The molecular weight excluding hydrogens is 304 g/mol. The first-order valence-corrected chi connectivity index (χ1v) is 8.33. The third-order valence-electron chi connectivity index (χ3n) is 4.24. The van der Waals surface area contributed by atoms with Crippen LogP contribution in [0.25, 0.3) is 0 Å². The van der Waals surface area contributed by atoms with Crippen molar-refractivity contribution in [2.75, 3.05) is 44.2 Å². The van der Waals surface area contributed by atoms with Crippen LogP contribution in [0.2, 0.25) is 0 Å². The molecule has 2 aromatic carbocycles. The van der Waals surface area contributed by atoms with Crippen molar-refractivity contribution in [1.29, 1.82) is 0 Å². The monoisotopic (exact) mass is 328 g/mol. The molecule has 0 unspecified atom stereocenters. The molecule has 1 heterocycles. The van der Waals surface area contributed by atoms with Gasteiger partial charge in [-0.25, -0.2) is 0 Å². The Kier molecular flexibility index (Phi) is 5.56. The van der Waals surface area contributed by atoms with Crippen LogP contribution in [-0.2, 0) is 0 Å². The Morgan fingerprint density at radius 1 is 0.917 bits per heavy atom. The zero-order valence-electron chi connectivity index (χ0n) is 13.7. The van der Waals surface area contributed by atoms with Gasteiger partial charge < -0.3 is 19.8 Å². The van der Waals surface area contributed by atoms with Crippen LogP contribution in [0.5, 0.6) is 11.5 Å². The Morgan fingerprint density at radius 3 is 2.25 bits per heavy atom. The van der Waals surface area contributed by atoms with E-state index >= 15 is 0 Å². The highest BCUT2D eigenvalue weighted by atomic mass is 16.5. The first-order valence-electron chi connectivity index (χ1n) is 8.33. The van der Waals surface area contributed by atoms with E-state index in [9.17, 15) is 10.2 Å². The van der Waals surface area contributed by atoms with E-state index in [1.165, 1.54) is 0 Å². The number of β-amino-alcohol motifs (C(OH)–C–C–N with tert-alkyl or cyclic N) is 1. The van der Waals surface area contributed by atoms with Crippen molar-refractivity contribution in [2.24, 2.45) is 0 Å². The lowest BCUT2D eigenvalue weighted by Gasteiger charge is -2.36. The van der Waals surface area contributed by atoms with Gasteiger partial charge in [-0.2, -0.15) is 0 Å². The molecule has 0 amide bonds. The third-order valence-corrected chi connectivity index (χ3v) is 4.24. The van der Waals surface area contributed by atoms with E-state index in [2.05, 4.69) is 9.80 Å². The van der Waals surface area contributed by atoms with Gasteiger partial charge in [-0.1, -0.05) is 18.2 Å². The molecule has 1 fully saturated rings. The molecule has 0 aliphatic carbocycles. The van der Waals surface area contributed by atoms with E-state index in [-0.39, 0.29) is 0 Å². The van der Waals surface area contributed by atoms with Crippen LogP contribution < -0.4 is 9.64 Å². The fraction of sp³-hybridized carbons (Fsp3) is 0.368. The molecule has 0 bridgehead atoms. The Balaban J connectivity index is 1.41. The summed E-state index contributed by atoms with van der Waals surface area (Å²) in [5, 5.41) is 19.5. The van der Waals surface area contributed by atoms with Gasteiger partial charge in [-0.05, 0) is 36.4 Å². The number of aliphatic hydroxyl groups is 1. The van der Waals surface area contributed by atoms with Crippen molar-refractivity contribution in [3.8, 4) is 11.5 Å². The summed E-state index contributed by atoms with van der Waals surface area (Å²) in [5.41, 5.74) is 1.13. The molecule has 1 saturated heterocycles. The van der Waals surface area contributed by atoms with Crippen LogP contribution in [-0.4, -0.2) is 60.5 Å². The number of aliphatic hydroxyl groups excluding tert-OH is 1. The summed E-state index contributed by atoms with van der Waals surface area (Å²) in [4.78, 5) is 4.55. The van der Waals surface area contributed by atoms with E-state index < -0.39 is 6.10 Å². The van der Waals surface area contributed by atoms with Crippen molar-refractivity contribution in [1.82, 2.24) is 4.90 Å². The average molecular weight is 328 g/mol. The molecule has 0 spiro atoms. The van der Waals surface area contributed by atoms with Crippen LogP contribution in [0, 0.1) is 0 Å². The van der Waals surface area contributed by atoms with Crippen LogP contribution >= 0.6 is 0 Å². The van der Waals surface area contributed by atoms with E-state index in [0.717, 1.165) is 37.6 Å². The lowest BCUT2D eigenvalue weighted by molar-refractivity contribution is 0.0663. The average Bonchev–Trinajstić information content (AvgIpc) is 2.62. The molecule has 0 aromatic heterocycles. The number of hydrogen-bond acceptors (Lipinski definition) is 5. The van der Waals surface area contributed by atoms with E-state index in [0.29, 0.717) is 18.9 Å². The summed E-state index contributed by atoms with van der Waals surface area (Å²) in [6.45, 7) is 4.57. The van der Waals surface area contributed by atoms with Gasteiger partial charge in [0.2, 0.25) is 0 Å². The minimum atomic E-state index is -0.495. The SMILES string of the molecule is Oc1ccc(N2CCN(C[C@H](O)COc3ccccc3)CC2)cc1. The number of rotatable bonds is 6. The highest BCUT2D eigenvalue weighted by Gasteiger charge is 2.19. The second-order valence-electron chi connectivity index (χ2n) is 6.08. The lowest BCUT2D eigenvalue weighted by Crippen LogP contribution is -2.49. The maximum Gasteiger partial charge on any atom is 0.119 e. The first kappa shape index (κ1) is 16.6. The number of benzene rings is 2. The fourth-order valence-electron chi connectivity index (χ4n) is 2.91. The zero-order chi connectivity index (χ0) is 16.8. The standard InChI is InChI=1S/C19H24N2O3/c22-17-8-6-16(7-9-17)21-12-10-20(11-13-21)14-18(23)15-24-19-4-2-1-3-5-19/h1-9,18,22-23H,10-15H2/t18-/m0/s1. The van der Waals surface area contributed by atoms with E-state index in [4.69, 9.17) is 4.74 Å². The second kappa shape index (κ2) is 8.04. The highest BCUT2D eigenvalue weighted by molar-refractivity contribution is 5.49. The number of nitrogens with zero attached hydrogens (tertiary/aromatic N) is 2. The number of hydrogen-bond donors (Lipinski definition) is 2. The van der Waals surface area contributed by atoms with Crippen LogP contribution in [0.15, 0.2) is 54.6 Å². The summed E-state index contributed by atoms with van der Waals surface area (Å²) in [6, 6.07) is 16.9. The van der Waals surface area contributed by atoms with Gasteiger partial charge in [0.05, 0.1) is 0 Å². The molecule has 5 nitrogen and oxygen atoms in total. The number of para-hydroxylation sites is 1. The molecule has 1 aliphatic heterocycles. The maximum absolute atomic E-state index is 10.2. The fourth-order valence-corrected chi connectivity index (χ4v) is 2.91. The number of aromatic hydroxyl groups is 1. The second-order valence-corrected chi connectivity index (χ2v) is 6.08. The molecular formula is C19H24N2O3. The predicted molar refractivity (Wildman–Crippen MR) is 94.7 cm³/mol. The van der Waals surface area contributed by atoms with Gasteiger partial charge >= 0.3 is 0 Å². The summed E-state index contributed by atoms with van der Waals surface area (Å²) < 4.78 is 5.60. The van der Waals surface area contributed by atoms with Crippen molar-refractivity contribution in [3.63, 3.8) is 0 Å². The van der Waals surface area contributed by atoms with Crippen LogP contribution in [0.3, 0.4) is 0 Å². The van der Waals surface area contributed by atoms with Crippen molar-refractivity contribution in [2.45, 2.75) is 6.10 Å². The van der Waals surface area contributed by atoms with Crippen LogP contribution in [0.4, 0.5) is 5.69 Å². The van der Waals surface area contributed by atoms with Gasteiger partial charge in [0.25, 0.3) is 0 Å². The molecule has 2 N–H and O–H groups in total. The number of piperazine rings is 1. The molecule has 1 atom stereocenters. The van der Waals surface area contributed by atoms with Crippen molar-refractivity contribution in [3.05, 3.63) is 54.6 Å². The van der Waals surface area contributed by atoms with Gasteiger partial charge in [0, 0.05) is 38.4 Å². The number of phenols is 1. The number of phenolic OH excluding ortho intramolecular Hbond substituents is 1. The molecule has 5 heteroatoms. The summed E-state index contributed by atoms with van der Waals surface area (Å²) in [6.07, 6.45) is -0.495. The van der Waals surface area contributed by atoms with Crippen LogP contribution in [0.1, 0.15) is 0 Å². The maximum atomic E-state index is 10.2. The summed E-state index contributed by atoms with van der Waals surface area (Å²) in [5.74, 6) is 1.08. The number of ether oxygens (including phenoxy) is 1. The largest absolute Gasteiger partial charge is 0.508 e. The minimum Gasteiger partial charge on any atom is -0.508 e. The normalized spacial score (nSPS) is 16.8. The summed E-state index contributed by atoms with van der Waals surface area (Å²) >= 11 is 0. The smallest absolute Gasteiger partial charge is 0.119 e. The van der Waals surface area contributed by atoms with Gasteiger partial charge in [-0.15, -0.1) is 0 Å². The predicted octanol–water partition coefficient (Wildman–Crippen LogP) is 1.95. The third kappa shape index (κ3) is 4.63. The molecule has 2 aromatic rings. The minimum absolute atomic E-state index is 0.291. The Morgan fingerprint density at radius 2 is 1.58 bits per heavy atom. The molecule has 24 heavy (non-hydrogen) atoms. The molecule has 1 aliphatic rings. The molecule has 128 valence electrons. The van der Waals surface area contributed by atoms with Crippen molar-refractivity contribution < 1.29 is 14.9 Å². The quantitative estimate of drug-likeness (QED) is 0.849. The Hall–Kier alpha value is -2.24. The highest BCUT2D eigenvalue weighted by Crippen LogP contribution is 2.19. The lowest BCUT2D eigenvalue weighted by atomic mass is 10.2. The van der Waals surface area contributed by atoms with Gasteiger partial charge in [0.15, 0.2) is 0 Å². The zero-order valence-corrected chi connectivity index (χ0v) is 13.7. The molecule has 0 saturated carbocycles. The van der Waals surface area contributed by atoms with Gasteiger partial charge in [0.1, 0.15) is 24.2 Å². The van der Waals surface area contributed by atoms with E-state index in [1.807, 2.05) is 42.5 Å². The summed E-state index contributed by atoms with van der Waals surface area (Å²) in [7, 11) is 0.